The summed E-state index contributed by atoms with van der Waals surface area (Å²) in [5, 5.41) is 7.62. The number of hydrogen-bond donors (Lipinski definition) is 1. The number of sulfonamides is 1. The Morgan fingerprint density at radius 2 is 1.79 bits per heavy atom. The molecule has 0 bridgehead atoms. The predicted octanol–water partition coefficient (Wildman–Crippen LogP) is 3.99. The van der Waals surface area contributed by atoms with E-state index in [4.69, 9.17) is 9.84 Å². The lowest BCUT2D eigenvalue weighted by Gasteiger charge is -2.15. The number of ether oxygens (including phenoxy) is 1. The van der Waals surface area contributed by atoms with E-state index in [1.54, 1.807) is 4.68 Å². The number of carbonyl (C=O) groups is 1. The van der Waals surface area contributed by atoms with Crippen LogP contribution in [0.25, 0.3) is 5.69 Å². The van der Waals surface area contributed by atoms with Crippen LogP contribution in [0.4, 0.5) is 5.82 Å². The number of hydrogen-bond acceptors (Lipinski definition) is 5. The van der Waals surface area contributed by atoms with Crippen molar-refractivity contribution in [3.05, 3.63) is 65.4 Å². The Balaban J connectivity index is 2.05. The number of nitrogens with zero attached hydrogens (tertiary/aromatic N) is 3. The van der Waals surface area contributed by atoms with Gasteiger partial charge in [-0.05, 0) is 42.8 Å². The van der Waals surface area contributed by atoms with Crippen molar-refractivity contribution in [1.29, 1.82) is 0 Å². The van der Waals surface area contributed by atoms with E-state index in [0.29, 0.717) is 5.82 Å². The number of rotatable bonds is 6. The molecule has 0 unspecified atom stereocenters. The third-order valence-electron chi connectivity index (χ3n) is 5.15. The number of carbonyl (C=O) groups excluding carboxylic acids is 1. The molecule has 9 heteroatoms. The lowest BCUT2D eigenvalue weighted by atomic mass is 9.92. The van der Waals surface area contributed by atoms with Crippen molar-refractivity contribution in [2.75, 3.05) is 26.5 Å². The van der Waals surface area contributed by atoms with Gasteiger partial charge in [-0.3, -0.25) is 4.79 Å². The molecule has 0 fully saturated rings. The highest BCUT2D eigenvalue weighted by atomic mass is 32.2. The fraction of sp³-hybridized carbons (Fsp3) is 0.333. The second-order valence-corrected chi connectivity index (χ2v) is 11.1. The predicted molar refractivity (Wildman–Crippen MR) is 129 cm³/mol. The van der Waals surface area contributed by atoms with Gasteiger partial charge in [0.2, 0.25) is 10.0 Å². The average molecular weight is 471 g/mol. The summed E-state index contributed by atoms with van der Waals surface area (Å²) in [6.07, 6.45) is 0. The van der Waals surface area contributed by atoms with Crippen LogP contribution in [0.5, 0.6) is 5.75 Å². The normalized spacial score (nSPS) is 12.1. The van der Waals surface area contributed by atoms with Crippen LogP contribution in [0.1, 0.15) is 42.4 Å². The molecule has 0 spiro atoms. The average Bonchev–Trinajstić information content (AvgIpc) is 3.17. The molecule has 0 aliphatic heterocycles. The molecule has 8 nitrogen and oxygen atoms in total. The monoisotopic (exact) mass is 470 g/mol. The molecule has 176 valence electrons. The Hall–Kier alpha value is -3.17. The molecule has 0 saturated carbocycles. The van der Waals surface area contributed by atoms with Crippen molar-refractivity contribution in [1.82, 2.24) is 14.1 Å². The van der Waals surface area contributed by atoms with Gasteiger partial charge in [0, 0.05) is 31.1 Å². The Morgan fingerprint density at radius 3 is 2.36 bits per heavy atom. The highest BCUT2D eigenvalue weighted by molar-refractivity contribution is 7.89. The molecule has 1 N–H and O–H groups in total. The van der Waals surface area contributed by atoms with Gasteiger partial charge >= 0.3 is 0 Å². The van der Waals surface area contributed by atoms with Crippen LogP contribution in [0, 0.1) is 6.92 Å². The number of methoxy groups -OCH3 is 1. The maximum Gasteiger partial charge on any atom is 0.256 e. The van der Waals surface area contributed by atoms with Crippen molar-refractivity contribution in [2.24, 2.45) is 0 Å². The lowest BCUT2D eigenvalue weighted by Crippen LogP contribution is -2.23. The first-order chi connectivity index (χ1) is 15.3. The van der Waals surface area contributed by atoms with E-state index in [2.05, 4.69) is 5.32 Å². The Kier molecular flexibility index (Phi) is 6.67. The van der Waals surface area contributed by atoms with Crippen molar-refractivity contribution >= 4 is 21.7 Å². The van der Waals surface area contributed by atoms with Gasteiger partial charge in [0.15, 0.2) is 0 Å². The summed E-state index contributed by atoms with van der Waals surface area (Å²) in [5.74, 6) is 0.200. The topological polar surface area (TPSA) is 93.5 Å². The van der Waals surface area contributed by atoms with E-state index in [-0.39, 0.29) is 21.6 Å². The van der Waals surface area contributed by atoms with E-state index in [9.17, 15) is 13.2 Å². The van der Waals surface area contributed by atoms with Crippen molar-refractivity contribution < 1.29 is 17.9 Å². The van der Waals surface area contributed by atoms with Gasteiger partial charge in [0.25, 0.3) is 5.91 Å². The van der Waals surface area contributed by atoms with E-state index >= 15 is 0 Å². The number of aromatic nitrogens is 2. The van der Waals surface area contributed by atoms with Crippen molar-refractivity contribution in [3.8, 4) is 11.4 Å². The van der Waals surface area contributed by atoms with Crippen molar-refractivity contribution in [3.63, 3.8) is 0 Å². The molecule has 3 rings (SSSR count). The zero-order chi connectivity index (χ0) is 24.6. The molecule has 33 heavy (non-hydrogen) atoms. The van der Waals surface area contributed by atoms with Crippen LogP contribution in [-0.2, 0) is 15.4 Å². The van der Waals surface area contributed by atoms with Crippen molar-refractivity contribution in [2.45, 2.75) is 38.0 Å². The first kappa shape index (κ1) is 24.5. The number of nitrogens with one attached hydrogen (secondary N) is 1. The number of benzene rings is 2. The largest absolute Gasteiger partial charge is 0.495 e. The molecule has 0 atom stereocenters. The SMILES string of the molecule is COc1ccc(C(=O)Nc2cc(C(C)(C)C)nn2-c2cccc(C)c2)cc1S(=O)(=O)N(C)C. The molecular weight excluding hydrogens is 440 g/mol. The summed E-state index contributed by atoms with van der Waals surface area (Å²) in [7, 11) is 0.431. The number of anilines is 1. The first-order valence-electron chi connectivity index (χ1n) is 10.4. The Labute approximate surface area is 195 Å². The summed E-state index contributed by atoms with van der Waals surface area (Å²) in [6, 6.07) is 14.0. The fourth-order valence-corrected chi connectivity index (χ4v) is 4.27. The highest BCUT2D eigenvalue weighted by Gasteiger charge is 2.25. The number of aryl methyl sites for hydroxylation is 1. The van der Waals surface area contributed by atoms with Gasteiger partial charge in [0.05, 0.1) is 18.5 Å². The summed E-state index contributed by atoms with van der Waals surface area (Å²) in [4.78, 5) is 13.1. The Bertz CT molecular complexity index is 1290. The summed E-state index contributed by atoms with van der Waals surface area (Å²) in [5.41, 5.74) is 2.63. The van der Waals surface area contributed by atoms with Crippen LogP contribution < -0.4 is 10.1 Å². The van der Waals surface area contributed by atoms with E-state index in [0.717, 1.165) is 21.2 Å². The van der Waals surface area contributed by atoms with Gasteiger partial charge in [-0.2, -0.15) is 5.10 Å². The molecule has 1 amide bonds. The van der Waals surface area contributed by atoms with E-state index in [1.165, 1.54) is 39.4 Å². The summed E-state index contributed by atoms with van der Waals surface area (Å²) >= 11 is 0. The zero-order valence-electron chi connectivity index (χ0n) is 20.0. The molecule has 0 aliphatic rings. The first-order valence-corrected chi connectivity index (χ1v) is 11.9. The van der Waals surface area contributed by atoms with Gasteiger partial charge in [-0.15, -0.1) is 0 Å². The van der Waals surface area contributed by atoms with Crippen LogP contribution in [0.15, 0.2) is 53.4 Å². The van der Waals surface area contributed by atoms with E-state index < -0.39 is 15.9 Å². The van der Waals surface area contributed by atoms with Gasteiger partial charge < -0.3 is 10.1 Å². The highest BCUT2D eigenvalue weighted by Crippen LogP contribution is 2.29. The minimum atomic E-state index is -3.81. The lowest BCUT2D eigenvalue weighted by molar-refractivity contribution is 0.102. The fourth-order valence-electron chi connectivity index (χ4n) is 3.20. The van der Waals surface area contributed by atoms with Crippen LogP contribution in [-0.4, -0.2) is 49.6 Å². The second kappa shape index (κ2) is 8.99. The third kappa shape index (κ3) is 5.09. The minimum absolute atomic E-state index is 0.0785. The van der Waals surface area contributed by atoms with Crippen LogP contribution >= 0.6 is 0 Å². The minimum Gasteiger partial charge on any atom is -0.495 e. The smallest absolute Gasteiger partial charge is 0.256 e. The number of amides is 1. The maximum atomic E-state index is 13.2. The standard InChI is InChI=1S/C24H30N4O4S/c1-16-9-8-10-18(13-16)28-22(15-21(26-28)24(2,3)4)25-23(29)17-11-12-19(32-7)20(14-17)33(30,31)27(5)6/h8-15H,1-7H3,(H,25,29). The molecule has 3 aromatic rings. The third-order valence-corrected chi connectivity index (χ3v) is 6.99. The Morgan fingerprint density at radius 1 is 1.09 bits per heavy atom. The molecule has 0 saturated heterocycles. The van der Waals surface area contributed by atoms with Gasteiger partial charge in [0.1, 0.15) is 16.5 Å². The molecular formula is C24H30N4O4S. The zero-order valence-corrected chi connectivity index (χ0v) is 20.8. The van der Waals surface area contributed by atoms with Crippen LogP contribution in [0.3, 0.4) is 0 Å². The molecule has 0 aliphatic carbocycles. The summed E-state index contributed by atoms with van der Waals surface area (Å²) < 4.78 is 33.4. The quantitative estimate of drug-likeness (QED) is 0.588. The molecule has 0 radical (unpaired) electrons. The summed E-state index contributed by atoms with van der Waals surface area (Å²) in [6.45, 7) is 8.12. The molecule has 1 aromatic heterocycles. The van der Waals surface area contributed by atoms with Gasteiger partial charge in [-0.1, -0.05) is 32.9 Å². The molecule has 1 heterocycles. The van der Waals surface area contributed by atoms with E-state index in [1.807, 2.05) is 58.0 Å². The second-order valence-electron chi connectivity index (χ2n) is 9.02. The van der Waals surface area contributed by atoms with Crippen LogP contribution in [0.2, 0.25) is 0 Å². The maximum absolute atomic E-state index is 13.2. The van der Waals surface area contributed by atoms with Gasteiger partial charge in [-0.25, -0.2) is 17.4 Å². The molecule has 2 aromatic carbocycles.